The van der Waals surface area contributed by atoms with Crippen LogP contribution in [-0.4, -0.2) is 6.71 Å². The third kappa shape index (κ3) is 7.38. The van der Waals surface area contributed by atoms with E-state index >= 15 is 0 Å². The van der Waals surface area contributed by atoms with E-state index in [1.807, 2.05) is 11.3 Å². The Morgan fingerprint density at radius 3 is 1.53 bits per heavy atom. The van der Waals surface area contributed by atoms with Gasteiger partial charge in [-0.2, -0.15) is 0 Å². The molecule has 2 aliphatic carbocycles. The molecule has 2 nitrogen and oxygen atoms in total. The summed E-state index contributed by atoms with van der Waals surface area (Å²) in [6, 6.07) is 44.2. The Kier molecular flexibility index (Phi) is 10.3. The molecule has 0 saturated heterocycles. The zero-order valence-electron chi connectivity index (χ0n) is 45.6. The molecule has 0 bridgehead atoms. The molecular weight excluding hydrogens is 864 g/mol. The number of nitrogens with zero attached hydrogens (tertiary/aromatic N) is 2. The first-order valence-corrected chi connectivity index (χ1v) is 27.3. The summed E-state index contributed by atoms with van der Waals surface area (Å²) in [5.74, 6) is 0. The molecule has 11 rings (SSSR count). The second-order valence-corrected chi connectivity index (χ2v) is 28.7. The summed E-state index contributed by atoms with van der Waals surface area (Å²) < 4.78 is 1.40. The van der Waals surface area contributed by atoms with Crippen LogP contribution in [0.25, 0.3) is 21.2 Å². The lowest BCUT2D eigenvalue weighted by Gasteiger charge is -2.45. The molecular formula is C66H77BN2S. The number of hydrogen-bond donors (Lipinski definition) is 0. The minimum absolute atomic E-state index is 0.0220. The van der Waals surface area contributed by atoms with Crippen molar-refractivity contribution in [1.29, 1.82) is 0 Å². The quantitative estimate of drug-likeness (QED) is 0.163. The molecule has 3 heterocycles. The van der Waals surface area contributed by atoms with E-state index in [0.717, 1.165) is 0 Å². The Morgan fingerprint density at radius 1 is 0.429 bits per heavy atom. The minimum atomic E-state index is -0.0483. The molecule has 6 aromatic carbocycles. The Hall–Kier alpha value is -5.06. The first-order chi connectivity index (χ1) is 32.5. The smallest absolute Gasteiger partial charge is 0.254 e. The summed E-state index contributed by atoms with van der Waals surface area (Å²) in [4.78, 5) is 5.43. The number of hydrogen-bond acceptors (Lipinski definition) is 3. The maximum absolute atomic E-state index is 2.73. The predicted octanol–water partition coefficient (Wildman–Crippen LogP) is 17.2. The van der Waals surface area contributed by atoms with Crippen LogP contribution in [0.15, 0.2) is 109 Å². The Labute approximate surface area is 426 Å². The van der Waals surface area contributed by atoms with Crippen LogP contribution in [0.1, 0.15) is 182 Å². The van der Waals surface area contributed by atoms with Gasteiger partial charge in [-0.15, -0.1) is 11.3 Å². The number of fused-ring (bicyclic) bond motifs is 8. The van der Waals surface area contributed by atoms with E-state index in [-0.39, 0.29) is 44.6 Å². The van der Waals surface area contributed by atoms with Crippen LogP contribution in [0.4, 0.5) is 33.4 Å². The first kappa shape index (κ1) is 47.3. The van der Waals surface area contributed by atoms with Crippen molar-refractivity contribution in [3.05, 3.63) is 148 Å². The van der Waals surface area contributed by atoms with Gasteiger partial charge < -0.3 is 9.80 Å². The van der Waals surface area contributed by atoms with Crippen LogP contribution < -0.4 is 26.2 Å². The Balaban J connectivity index is 1.32. The van der Waals surface area contributed by atoms with E-state index < -0.39 is 0 Å². The molecule has 0 N–H and O–H groups in total. The molecule has 4 aliphatic rings. The fourth-order valence-corrected chi connectivity index (χ4v) is 14.0. The van der Waals surface area contributed by atoms with Gasteiger partial charge in [-0.3, -0.25) is 0 Å². The zero-order chi connectivity index (χ0) is 50.0. The molecule has 70 heavy (non-hydrogen) atoms. The average molecular weight is 941 g/mol. The molecule has 0 radical (unpaired) electrons. The highest BCUT2D eigenvalue weighted by molar-refractivity contribution is 7.26. The van der Waals surface area contributed by atoms with E-state index in [0.29, 0.717) is 0 Å². The number of rotatable bonds is 3. The standard InChI is InChI=1S/C66H77BN2S/c1-60(2,3)42-23-26-52-53(36-42)68(46-34-43(61(4,5)6)33-44(35-46)62(7,8)9)54-31-41(40-21-19-18-20-22-40)32-55-58(54)67(52)57-47-38-50-51(66(16,17)30-29-65(50,14)15)39-56(47)70-59(57)69(55)45-24-25-48-49(37-45)64(12,13)28-27-63(48,10)11/h18-26,31-39H,27-30H2,1-17H3. The van der Waals surface area contributed by atoms with E-state index in [4.69, 9.17) is 0 Å². The lowest BCUT2D eigenvalue weighted by molar-refractivity contribution is 0.332. The lowest BCUT2D eigenvalue weighted by Crippen LogP contribution is -2.61. The molecule has 7 aromatic rings. The summed E-state index contributed by atoms with van der Waals surface area (Å²) in [5, 5.41) is 2.78. The normalized spacial score (nSPS) is 18.5. The molecule has 360 valence electrons. The molecule has 1 aromatic heterocycles. The van der Waals surface area contributed by atoms with E-state index in [1.54, 1.807) is 0 Å². The van der Waals surface area contributed by atoms with Crippen molar-refractivity contribution in [2.45, 2.75) is 181 Å². The van der Waals surface area contributed by atoms with Gasteiger partial charge in [0.05, 0.1) is 5.00 Å². The predicted molar refractivity (Wildman–Crippen MR) is 308 cm³/mol. The van der Waals surface area contributed by atoms with Crippen molar-refractivity contribution in [2.75, 3.05) is 9.80 Å². The summed E-state index contributed by atoms with van der Waals surface area (Å²) in [7, 11) is 0. The average Bonchev–Trinajstić information content (AvgIpc) is 3.66. The maximum Gasteiger partial charge on any atom is 0.254 e. The van der Waals surface area contributed by atoms with Gasteiger partial charge >= 0.3 is 0 Å². The largest absolute Gasteiger partial charge is 0.311 e. The van der Waals surface area contributed by atoms with Gasteiger partial charge in [0.2, 0.25) is 0 Å². The summed E-state index contributed by atoms with van der Waals surface area (Å²) >= 11 is 2.03. The van der Waals surface area contributed by atoms with Crippen LogP contribution in [-0.2, 0) is 37.9 Å². The van der Waals surface area contributed by atoms with Crippen LogP contribution in [0.2, 0.25) is 0 Å². The maximum atomic E-state index is 2.73. The van der Waals surface area contributed by atoms with Gasteiger partial charge in [0.1, 0.15) is 0 Å². The van der Waals surface area contributed by atoms with Crippen LogP contribution in [0.3, 0.4) is 0 Å². The lowest BCUT2D eigenvalue weighted by atomic mass is 9.33. The van der Waals surface area contributed by atoms with E-state index in [1.165, 1.54) is 136 Å². The molecule has 0 unspecified atom stereocenters. The number of benzene rings is 6. The molecule has 0 fully saturated rings. The summed E-state index contributed by atoms with van der Waals surface area (Å²) in [6.07, 6.45) is 4.76. The molecule has 0 spiro atoms. The number of thiophene rings is 1. The van der Waals surface area contributed by atoms with E-state index in [2.05, 4.69) is 237 Å². The first-order valence-electron chi connectivity index (χ1n) is 26.5. The van der Waals surface area contributed by atoms with Crippen molar-refractivity contribution < 1.29 is 0 Å². The molecule has 0 amide bonds. The van der Waals surface area contributed by atoms with Gasteiger partial charge in [-0.05, 0) is 190 Å². The third-order valence-electron chi connectivity index (χ3n) is 17.6. The highest BCUT2D eigenvalue weighted by atomic mass is 32.1. The zero-order valence-corrected chi connectivity index (χ0v) is 46.4. The summed E-state index contributed by atoms with van der Waals surface area (Å²) in [6.45, 7) is 41.2. The second-order valence-electron chi connectivity index (χ2n) is 27.7. The fraction of sp³-hybridized carbons (Fsp3) is 0.424. The third-order valence-corrected chi connectivity index (χ3v) is 18.8. The van der Waals surface area contributed by atoms with Crippen LogP contribution in [0.5, 0.6) is 0 Å². The highest BCUT2D eigenvalue weighted by Crippen LogP contribution is 2.55. The van der Waals surface area contributed by atoms with Gasteiger partial charge in [0.25, 0.3) is 6.71 Å². The van der Waals surface area contributed by atoms with Crippen molar-refractivity contribution in [3.8, 4) is 11.1 Å². The van der Waals surface area contributed by atoms with Gasteiger partial charge in [-0.25, -0.2) is 0 Å². The SMILES string of the molecule is CC(C)(C)c1cc(N2c3cc(C(C)(C)C)ccc3B3c4c2cc(-c2ccccc2)cc4N(c2ccc4c(c2)C(C)(C)CCC4(C)C)c2sc4cc5c(cc4c23)C(C)(C)CCC5(C)C)cc(C(C)(C)C)c1. The number of anilines is 6. The van der Waals surface area contributed by atoms with Crippen LogP contribution >= 0.6 is 11.3 Å². The van der Waals surface area contributed by atoms with E-state index in [9.17, 15) is 0 Å². The van der Waals surface area contributed by atoms with Crippen molar-refractivity contribution >= 4 is 78.0 Å². The topological polar surface area (TPSA) is 6.48 Å². The monoisotopic (exact) mass is 941 g/mol. The highest BCUT2D eigenvalue weighted by Gasteiger charge is 2.48. The van der Waals surface area contributed by atoms with Crippen molar-refractivity contribution in [3.63, 3.8) is 0 Å². The van der Waals surface area contributed by atoms with Gasteiger partial charge in [-0.1, -0.05) is 172 Å². The van der Waals surface area contributed by atoms with Crippen LogP contribution in [0, 0.1) is 0 Å². The van der Waals surface area contributed by atoms with Crippen molar-refractivity contribution in [1.82, 2.24) is 0 Å². The van der Waals surface area contributed by atoms with Gasteiger partial charge in [0, 0.05) is 33.1 Å². The molecule has 2 aliphatic heterocycles. The fourth-order valence-electron chi connectivity index (χ4n) is 12.7. The minimum Gasteiger partial charge on any atom is -0.311 e. The molecule has 0 saturated carbocycles. The van der Waals surface area contributed by atoms with Gasteiger partial charge in [0.15, 0.2) is 0 Å². The summed E-state index contributed by atoms with van der Waals surface area (Å²) in [5.41, 5.74) is 23.4. The molecule has 4 heteroatoms. The molecule has 0 atom stereocenters. The second kappa shape index (κ2) is 15.2. The Bertz CT molecular complexity index is 3250. The van der Waals surface area contributed by atoms with Crippen molar-refractivity contribution in [2.24, 2.45) is 0 Å². The Morgan fingerprint density at radius 2 is 0.957 bits per heavy atom.